The van der Waals surface area contributed by atoms with Gasteiger partial charge in [0.1, 0.15) is 12.3 Å². The monoisotopic (exact) mass is 473 g/mol. The predicted octanol–water partition coefficient (Wildman–Crippen LogP) is 3.97. The molecule has 0 bridgehead atoms. The molecule has 0 heterocycles. The summed E-state index contributed by atoms with van der Waals surface area (Å²) >= 11 is 5.87. The van der Waals surface area contributed by atoms with E-state index >= 15 is 0 Å². The quantitative estimate of drug-likeness (QED) is 0.345. The van der Waals surface area contributed by atoms with Crippen molar-refractivity contribution in [2.24, 2.45) is 0 Å². The lowest BCUT2D eigenvalue weighted by atomic mass is 10.1. The highest BCUT2D eigenvalue weighted by atomic mass is 35.5. The number of carbonyl (C=O) groups excluding carboxylic acids is 2. The molecule has 0 unspecified atom stereocenters. The average Bonchev–Trinajstić information content (AvgIpc) is 2.81. The van der Waals surface area contributed by atoms with Crippen LogP contribution < -0.4 is 9.04 Å². The van der Waals surface area contributed by atoms with Gasteiger partial charge in [-0.15, -0.1) is 0 Å². The molecule has 0 aromatic heterocycles. The summed E-state index contributed by atoms with van der Waals surface area (Å²) in [5.74, 6) is -0.867. The Balaban J connectivity index is 1.84. The zero-order valence-electron chi connectivity index (χ0n) is 17.1. The Morgan fingerprint density at radius 1 is 0.938 bits per heavy atom. The average molecular weight is 474 g/mol. The molecule has 0 amide bonds. The van der Waals surface area contributed by atoms with Crippen LogP contribution in [0.3, 0.4) is 0 Å². The number of hydrogen-bond acceptors (Lipinski definition) is 6. The largest absolute Gasteiger partial charge is 0.497 e. The van der Waals surface area contributed by atoms with Crippen LogP contribution in [0, 0.1) is 0 Å². The van der Waals surface area contributed by atoms with Gasteiger partial charge in [0.05, 0.1) is 17.7 Å². The third-order valence-electron chi connectivity index (χ3n) is 4.48. The van der Waals surface area contributed by atoms with Crippen molar-refractivity contribution >= 4 is 39.1 Å². The molecule has 0 spiro atoms. The Kier molecular flexibility index (Phi) is 7.50. The number of methoxy groups -OCH3 is 1. The second kappa shape index (κ2) is 10.3. The third kappa shape index (κ3) is 5.66. The number of hydrogen-bond donors (Lipinski definition) is 0. The van der Waals surface area contributed by atoms with Crippen LogP contribution in [0.2, 0.25) is 5.02 Å². The summed E-state index contributed by atoms with van der Waals surface area (Å²) in [5, 5.41) is 0.371. The summed E-state index contributed by atoms with van der Waals surface area (Å²) in [4.78, 5) is 24.7. The van der Waals surface area contributed by atoms with Crippen molar-refractivity contribution in [3.63, 3.8) is 0 Å². The minimum atomic E-state index is -4.15. The van der Waals surface area contributed by atoms with Crippen molar-refractivity contribution in [3.05, 3.63) is 89.4 Å². The van der Waals surface area contributed by atoms with E-state index in [4.69, 9.17) is 21.1 Å². The van der Waals surface area contributed by atoms with E-state index in [1.54, 1.807) is 42.5 Å². The van der Waals surface area contributed by atoms with Crippen LogP contribution in [-0.4, -0.2) is 40.4 Å². The van der Waals surface area contributed by atoms with E-state index in [-0.39, 0.29) is 10.6 Å². The molecule has 0 saturated carbocycles. The Bertz CT molecular complexity index is 1200. The van der Waals surface area contributed by atoms with E-state index in [9.17, 15) is 18.0 Å². The zero-order chi connectivity index (χ0) is 23.1. The fourth-order valence-corrected chi connectivity index (χ4v) is 4.36. The summed E-state index contributed by atoms with van der Waals surface area (Å²) in [6.07, 6.45) is 0. The molecule has 0 saturated heterocycles. The number of rotatable bonds is 9. The highest BCUT2D eigenvalue weighted by Gasteiger charge is 2.28. The lowest BCUT2D eigenvalue weighted by Crippen LogP contribution is -2.37. The number of ether oxygens (including phenoxy) is 2. The second-order valence-electron chi connectivity index (χ2n) is 6.62. The number of Topliss-reactive ketones (excluding diaryl/α,β-unsaturated/α-hetero) is 1. The molecule has 3 rings (SSSR count). The first-order valence-corrected chi connectivity index (χ1v) is 11.3. The van der Waals surface area contributed by atoms with Crippen LogP contribution in [0.4, 0.5) is 5.69 Å². The van der Waals surface area contributed by atoms with E-state index in [0.717, 1.165) is 4.31 Å². The first-order valence-electron chi connectivity index (χ1n) is 9.47. The summed E-state index contributed by atoms with van der Waals surface area (Å²) in [6.45, 7) is -1.14. The second-order valence-corrected chi connectivity index (χ2v) is 8.92. The van der Waals surface area contributed by atoms with Crippen molar-refractivity contribution in [1.29, 1.82) is 0 Å². The Hall–Kier alpha value is -3.36. The standard InChI is InChI=1S/C23H20ClNO6S/c1-30-20-9-5-8-19(14-20)25(32(28,29)21-12-10-18(24)11-13-21)15-23(27)31-16-22(26)17-6-3-2-4-7-17/h2-14H,15-16H2,1H3. The minimum absolute atomic E-state index is 0.0575. The van der Waals surface area contributed by atoms with Gasteiger partial charge in [0, 0.05) is 16.7 Å². The normalized spacial score (nSPS) is 10.9. The van der Waals surface area contributed by atoms with E-state index in [2.05, 4.69) is 0 Å². The number of nitrogens with zero attached hydrogens (tertiary/aromatic N) is 1. The Morgan fingerprint density at radius 2 is 1.62 bits per heavy atom. The Morgan fingerprint density at radius 3 is 2.28 bits per heavy atom. The summed E-state index contributed by atoms with van der Waals surface area (Å²) < 4.78 is 37.8. The van der Waals surface area contributed by atoms with Gasteiger partial charge in [0.2, 0.25) is 0 Å². The van der Waals surface area contributed by atoms with Gasteiger partial charge in [-0.1, -0.05) is 48.0 Å². The number of anilines is 1. The fraction of sp³-hybridized carbons (Fsp3) is 0.130. The smallest absolute Gasteiger partial charge is 0.327 e. The van der Waals surface area contributed by atoms with Crippen LogP contribution in [0.15, 0.2) is 83.8 Å². The van der Waals surface area contributed by atoms with Crippen LogP contribution in [-0.2, 0) is 19.6 Å². The van der Waals surface area contributed by atoms with Gasteiger partial charge in [-0.05, 0) is 36.4 Å². The third-order valence-corrected chi connectivity index (χ3v) is 6.52. The van der Waals surface area contributed by atoms with Crippen LogP contribution in [0.25, 0.3) is 0 Å². The van der Waals surface area contributed by atoms with Gasteiger partial charge in [-0.2, -0.15) is 0 Å². The van der Waals surface area contributed by atoms with Crippen LogP contribution in [0.5, 0.6) is 5.75 Å². The Labute approximate surface area is 191 Å². The maximum atomic E-state index is 13.3. The summed E-state index contributed by atoms with van der Waals surface area (Å²) in [6, 6.07) is 20.2. The minimum Gasteiger partial charge on any atom is -0.497 e. The van der Waals surface area contributed by atoms with Crippen molar-refractivity contribution in [3.8, 4) is 5.75 Å². The summed E-state index contributed by atoms with van der Waals surface area (Å²) in [5.41, 5.74) is 0.587. The molecule has 9 heteroatoms. The fourth-order valence-electron chi connectivity index (χ4n) is 2.83. The molecule has 7 nitrogen and oxygen atoms in total. The lowest BCUT2D eigenvalue weighted by molar-refractivity contribution is -0.140. The van der Waals surface area contributed by atoms with Crippen molar-refractivity contribution in [1.82, 2.24) is 0 Å². The predicted molar refractivity (Wildman–Crippen MR) is 121 cm³/mol. The molecular formula is C23H20ClNO6S. The maximum absolute atomic E-state index is 13.3. The van der Waals surface area contributed by atoms with Crippen molar-refractivity contribution in [2.45, 2.75) is 4.90 Å². The molecule has 3 aromatic carbocycles. The number of esters is 1. The molecule has 0 N–H and O–H groups in total. The van der Waals surface area contributed by atoms with E-state index in [1.165, 1.54) is 43.5 Å². The first kappa shape index (κ1) is 23.3. The zero-order valence-corrected chi connectivity index (χ0v) is 18.7. The number of sulfonamides is 1. The van der Waals surface area contributed by atoms with Gasteiger partial charge in [0.25, 0.3) is 10.0 Å². The van der Waals surface area contributed by atoms with Gasteiger partial charge in [0.15, 0.2) is 12.4 Å². The van der Waals surface area contributed by atoms with Crippen molar-refractivity contribution in [2.75, 3.05) is 24.6 Å². The van der Waals surface area contributed by atoms with Crippen molar-refractivity contribution < 1.29 is 27.5 Å². The van der Waals surface area contributed by atoms with E-state index in [0.29, 0.717) is 16.3 Å². The van der Waals surface area contributed by atoms with Crippen LogP contribution in [0.1, 0.15) is 10.4 Å². The molecule has 166 valence electrons. The number of ketones is 1. The number of carbonyl (C=O) groups is 2. The molecular weight excluding hydrogens is 454 g/mol. The SMILES string of the molecule is COc1cccc(N(CC(=O)OCC(=O)c2ccccc2)S(=O)(=O)c2ccc(Cl)cc2)c1. The molecule has 0 aliphatic carbocycles. The van der Waals surface area contributed by atoms with Gasteiger partial charge < -0.3 is 9.47 Å². The first-order chi connectivity index (χ1) is 15.3. The molecule has 0 atom stereocenters. The molecule has 0 aliphatic heterocycles. The molecule has 0 radical (unpaired) electrons. The van der Waals surface area contributed by atoms with Gasteiger partial charge in [-0.3, -0.25) is 13.9 Å². The highest BCUT2D eigenvalue weighted by Crippen LogP contribution is 2.27. The lowest BCUT2D eigenvalue weighted by Gasteiger charge is -2.24. The highest BCUT2D eigenvalue weighted by molar-refractivity contribution is 7.92. The van der Waals surface area contributed by atoms with Gasteiger partial charge in [-0.25, -0.2) is 8.42 Å². The molecule has 0 fully saturated rings. The summed E-state index contributed by atoms with van der Waals surface area (Å²) in [7, 11) is -2.70. The molecule has 3 aromatic rings. The van der Waals surface area contributed by atoms with Crippen LogP contribution >= 0.6 is 11.6 Å². The molecule has 32 heavy (non-hydrogen) atoms. The molecule has 0 aliphatic rings. The topological polar surface area (TPSA) is 90.0 Å². The van der Waals surface area contributed by atoms with E-state index < -0.39 is 34.9 Å². The number of benzene rings is 3. The van der Waals surface area contributed by atoms with Gasteiger partial charge >= 0.3 is 5.97 Å². The maximum Gasteiger partial charge on any atom is 0.327 e. The van der Waals surface area contributed by atoms with E-state index in [1.807, 2.05) is 0 Å². The number of halogens is 1.